The number of halogens is 1. The lowest BCUT2D eigenvalue weighted by molar-refractivity contribution is -0.124. The fourth-order valence-corrected chi connectivity index (χ4v) is 4.63. The summed E-state index contributed by atoms with van der Waals surface area (Å²) in [7, 11) is 0. The van der Waals surface area contributed by atoms with Crippen LogP contribution in [0.5, 0.6) is 0 Å². The highest BCUT2D eigenvalue weighted by Crippen LogP contribution is 2.29. The quantitative estimate of drug-likeness (QED) is 0.509. The minimum absolute atomic E-state index is 0.230. The van der Waals surface area contributed by atoms with Gasteiger partial charge in [-0.15, -0.1) is 0 Å². The summed E-state index contributed by atoms with van der Waals surface area (Å²) in [6.45, 7) is 7.21. The second-order valence-corrected chi connectivity index (χ2v) is 9.90. The van der Waals surface area contributed by atoms with Crippen molar-refractivity contribution in [3.8, 4) is 0 Å². The zero-order valence-electron chi connectivity index (χ0n) is 20.5. The van der Waals surface area contributed by atoms with Gasteiger partial charge < -0.3 is 15.5 Å². The topological polar surface area (TPSA) is 61.4 Å². The van der Waals surface area contributed by atoms with Gasteiger partial charge in [0.25, 0.3) is 5.91 Å². The average molecular weight is 474 g/mol. The number of hydrogen-bond donors (Lipinski definition) is 2. The summed E-state index contributed by atoms with van der Waals surface area (Å²) in [6, 6.07) is 21.1. The van der Waals surface area contributed by atoms with E-state index in [1.807, 2.05) is 69.3 Å². The molecule has 0 fully saturated rings. The van der Waals surface area contributed by atoms with E-state index in [-0.39, 0.29) is 17.6 Å². The molecule has 0 saturated carbocycles. The second-order valence-electron chi connectivity index (χ2n) is 9.90. The molecule has 2 amide bonds. The van der Waals surface area contributed by atoms with Crippen molar-refractivity contribution in [1.82, 2.24) is 10.6 Å². The van der Waals surface area contributed by atoms with Crippen LogP contribution in [0.25, 0.3) is 0 Å². The van der Waals surface area contributed by atoms with Gasteiger partial charge in [0.15, 0.2) is 0 Å². The Bertz CT molecular complexity index is 1210. The van der Waals surface area contributed by atoms with Gasteiger partial charge in [0, 0.05) is 30.8 Å². The van der Waals surface area contributed by atoms with Gasteiger partial charge in [-0.25, -0.2) is 4.39 Å². The number of benzene rings is 3. The largest absolute Gasteiger partial charge is 0.369 e. The Labute approximate surface area is 206 Å². The lowest BCUT2D eigenvalue weighted by Crippen LogP contribution is -2.57. The standard InChI is InChI=1S/C29H32FN3O2/c1-20-8-7-11-23(16-20)27(34)31-25(17-21-9-5-4-6-10-21)28(35)32-29(2,3)19-33-15-14-22-18-24(30)12-13-26(22)33/h4-13,16,18,25H,14-15,17,19H2,1-3H3,(H,31,34)(H,32,35)/t25-/m0/s1. The summed E-state index contributed by atoms with van der Waals surface area (Å²) in [5.74, 6) is -0.747. The van der Waals surface area contributed by atoms with Crippen LogP contribution in [0.4, 0.5) is 10.1 Å². The molecular weight excluding hydrogens is 441 g/mol. The summed E-state index contributed by atoms with van der Waals surface area (Å²) >= 11 is 0. The summed E-state index contributed by atoms with van der Waals surface area (Å²) in [4.78, 5) is 28.6. The van der Waals surface area contributed by atoms with Gasteiger partial charge in [0.05, 0.1) is 5.54 Å². The van der Waals surface area contributed by atoms with Gasteiger partial charge in [-0.05, 0) is 68.7 Å². The van der Waals surface area contributed by atoms with Crippen molar-refractivity contribution in [2.75, 3.05) is 18.0 Å². The molecule has 0 aromatic heterocycles. The SMILES string of the molecule is Cc1cccc(C(=O)N[C@@H](Cc2ccccc2)C(=O)NC(C)(C)CN2CCc3cc(F)ccc32)c1. The molecule has 3 aromatic rings. The molecule has 6 heteroatoms. The van der Waals surface area contributed by atoms with Gasteiger partial charge in [-0.3, -0.25) is 9.59 Å². The average Bonchev–Trinajstić information content (AvgIpc) is 3.19. The van der Waals surface area contributed by atoms with Crippen molar-refractivity contribution < 1.29 is 14.0 Å². The van der Waals surface area contributed by atoms with E-state index in [1.165, 1.54) is 6.07 Å². The number of aryl methyl sites for hydroxylation is 1. The van der Waals surface area contributed by atoms with Crippen molar-refractivity contribution >= 4 is 17.5 Å². The number of nitrogens with one attached hydrogen (secondary N) is 2. The molecule has 0 bridgehead atoms. The van der Waals surface area contributed by atoms with Crippen molar-refractivity contribution in [2.24, 2.45) is 0 Å². The predicted molar refractivity (Wildman–Crippen MR) is 137 cm³/mol. The third-order valence-electron chi connectivity index (χ3n) is 6.27. The molecule has 182 valence electrons. The molecule has 5 nitrogen and oxygen atoms in total. The fourth-order valence-electron chi connectivity index (χ4n) is 4.63. The van der Waals surface area contributed by atoms with Gasteiger partial charge >= 0.3 is 0 Å². The zero-order chi connectivity index (χ0) is 25.0. The van der Waals surface area contributed by atoms with E-state index in [9.17, 15) is 14.0 Å². The van der Waals surface area contributed by atoms with Crippen LogP contribution in [0.3, 0.4) is 0 Å². The number of carbonyl (C=O) groups is 2. The van der Waals surface area contributed by atoms with Crippen LogP contribution < -0.4 is 15.5 Å². The van der Waals surface area contributed by atoms with E-state index in [1.54, 1.807) is 18.2 Å². The maximum atomic E-state index is 13.6. The molecule has 35 heavy (non-hydrogen) atoms. The summed E-state index contributed by atoms with van der Waals surface area (Å²) in [5, 5.41) is 6.09. The molecule has 1 aliphatic heterocycles. The Balaban J connectivity index is 1.48. The van der Waals surface area contributed by atoms with Crippen molar-refractivity contribution in [3.63, 3.8) is 0 Å². The van der Waals surface area contributed by atoms with Gasteiger partial charge in [-0.2, -0.15) is 0 Å². The number of hydrogen-bond acceptors (Lipinski definition) is 3. The molecule has 3 aromatic carbocycles. The third-order valence-corrected chi connectivity index (χ3v) is 6.27. The van der Waals surface area contributed by atoms with Crippen molar-refractivity contribution in [3.05, 3.63) is 101 Å². The Kier molecular flexibility index (Phi) is 7.20. The number of fused-ring (bicyclic) bond motifs is 1. The molecule has 0 spiro atoms. The number of rotatable bonds is 8. The monoisotopic (exact) mass is 473 g/mol. The molecule has 4 rings (SSSR count). The lowest BCUT2D eigenvalue weighted by atomic mass is 10.0. The molecule has 0 unspecified atom stereocenters. The molecule has 1 heterocycles. The number of amides is 2. The first-order chi connectivity index (χ1) is 16.7. The highest BCUT2D eigenvalue weighted by atomic mass is 19.1. The van der Waals surface area contributed by atoms with Crippen LogP contribution in [0.2, 0.25) is 0 Å². The number of carbonyl (C=O) groups excluding carboxylic acids is 2. The number of nitrogens with zero attached hydrogens (tertiary/aromatic N) is 1. The van der Waals surface area contributed by atoms with E-state index >= 15 is 0 Å². The van der Waals surface area contributed by atoms with Crippen LogP contribution in [-0.4, -0.2) is 36.5 Å². The first-order valence-electron chi connectivity index (χ1n) is 12.0. The molecule has 2 N–H and O–H groups in total. The fraction of sp³-hybridized carbons (Fsp3) is 0.310. The van der Waals surface area contributed by atoms with Crippen LogP contribution >= 0.6 is 0 Å². The maximum absolute atomic E-state index is 13.6. The van der Waals surface area contributed by atoms with Crippen LogP contribution in [0, 0.1) is 12.7 Å². The number of anilines is 1. The molecule has 0 radical (unpaired) electrons. The predicted octanol–water partition coefficient (Wildman–Crippen LogP) is 4.43. The Hall–Kier alpha value is -3.67. The van der Waals surface area contributed by atoms with Crippen LogP contribution in [-0.2, 0) is 17.6 Å². The van der Waals surface area contributed by atoms with Crippen LogP contribution in [0.15, 0.2) is 72.8 Å². The van der Waals surface area contributed by atoms with Gasteiger partial charge in [0.2, 0.25) is 5.91 Å². The smallest absolute Gasteiger partial charge is 0.251 e. The first kappa shape index (κ1) is 24.5. The molecule has 0 saturated heterocycles. The first-order valence-corrected chi connectivity index (χ1v) is 12.0. The van der Waals surface area contributed by atoms with Crippen LogP contribution in [0.1, 0.15) is 40.9 Å². The Morgan fingerprint density at radius 3 is 2.54 bits per heavy atom. The third kappa shape index (κ3) is 6.27. The summed E-state index contributed by atoms with van der Waals surface area (Å²) in [6.07, 6.45) is 1.16. The minimum atomic E-state index is -0.732. The van der Waals surface area contributed by atoms with E-state index in [0.717, 1.165) is 35.3 Å². The Morgan fingerprint density at radius 1 is 1.03 bits per heavy atom. The summed E-state index contributed by atoms with van der Waals surface area (Å²) < 4.78 is 13.6. The summed E-state index contributed by atoms with van der Waals surface area (Å²) in [5.41, 5.74) is 3.88. The van der Waals surface area contributed by atoms with E-state index in [4.69, 9.17) is 0 Å². The normalized spacial score (nSPS) is 13.8. The second kappa shape index (κ2) is 10.3. The highest BCUT2D eigenvalue weighted by molar-refractivity contribution is 5.97. The lowest BCUT2D eigenvalue weighted by Gasteiger charge is -2.34. The van der Waals surface area contributed by atoms with E-state index in [2.05, 4.69) is 15.5 Å². The van der Waals surface area contributed by atoms with Gasteiger partial charge in [0.1, 0.15) is 11.9 Å². The minimum Gasteiger partial charge on any atom is -0.369 e. The zero-order valence-corrected chi connectivity index (χ0v) is 20.5. The maximum Gasteiger partial charge on any atom is 0.251 e. The van der Waals surface area contributed by atoms with Crippen molar-refractivity contribution in [2.45, 2.75) is 45.2 Å². The van der Waals surface area contributed by atoms with E-state index in [0.29, 0.717) is 18.5 Å². The Morgan fingerprint density at radius 2 is 1.80 bits per heavy atom. The molecule has 1 aliphatic rings. The van der Waals surface area contributed by atoms with E-state index < -0.39 is 11.6 Å². The molecule has 1 atom stereocenters. The molecule has 0 aliphatic carbocycles. The molecular formula is C29H32FN3O2. The van der Waals surface area contributed by atoms with Gasteiger partial charge in [-0.1, -0.05) is 48.0 Å². The van der Waals surface area contributed by atoms with Crippen molar-refractivity contribution in [1.29, 1.82) is 0 Å². The highest BCUT2D eigenvalue weighted by Gasteiger charge is 2.31.